The number of anilines is 1. The molecule has 2 aromatic heterocycles. The molecule has 0 radical (unpaired) electrons. The van der Waals surface area contributed by atoms with Crippen molar-refractivity contribution in [2.45, 2.75) is 12.1 Å². The molecule has 6 nitrogen and oxygen atoms in total. The molecule has 2 aromatic carbocycles. The second kappa shape index (κ2) is 8.88. The van der Waals surface area contributed by atoms with Gasteiger partial charge in [0.05, 0.1) is 24.4 Å². The van der Waals surface area contributed by atoms with Gasteiger partial charge in [-0.2, -0.15) is 0 Å². The number of carbonyl (C=O) groups excluding carboxylic acids is 1. The van der Waals surface area contributed by atoms with Gasteiger partial charge in [0.2, 0.25) is 0 Å². The molecule has 4 aromatic rings. The van der Waals surface area contributed by atoms with Crippen LogP contribution in [0.25, 0.3) is 11.3 Å². The Morgan fingerprint density at radius 3 is 2.61 bits per heavy atom. The average Bonchev–Trinajstić information content (AvgIpc) is 3.49. The summed E-state index contributed by atoms with van der Waals surface area (Å²) in [4.78, 5) is 18.6. The number of thiocarbonyl (C=S) groups is 1. The van der Waals surface area contributed by atoms with Gasteiger partial charge < -0.3 is 19.4 Å². The van der Waals surface area contributed by atoms with Crippen molar-refractivity contribution in [2.24, 2.45) is 0 Å². The van der Waals surface area contributed by atoms with Crippen LogP contribution in [0.1, 0.15) is 33.9 Å². The zero-order valence-corrected chi connectivity index (χ0v) is 18.7. The highest BCUT2D eigenvalue weighted by molar-refractivity contribution is 7.80. The number of esters is 1. The first-order chi connectivity index (χ1) is 16.2. The van der Waals surface area contributed by atoms with Gasteiger partial charge in [-0.15, -0.1) is 0 Å². The number of hydrogen-bond acceptors (Lipinski definition) is 5. The molecule has 0 saturated carbocycles. The molecule has 2 atom stereocenters. The number of aromatic nitrogens is 1. The number of methoxy groups -OCH3 is 1. The first kappa shape index (κ1) is 20.9. The Morgan fingerprint density at radius 2 is 1.85 bits per heavy atom. The molecule has 33 heavy (non-hydrogen) atoms. The van der Waals surface area contributed by atoms with Gasteiger partial charge in [-0.25, -0.2) is 4.79 Å². The minimum atomic E-state index is -0.389. The lowest BCUT2D eigenvalue weighted by atomic mass is 10.0. The Labute approximate surface area is 196 Å². The van der Waals surface area contributed by atoms with Gasteiger partial charge in [-0.05, 0) is 60.7 Å². The van der Waals surface area contributed by atoms with Crippen molar-refractivity contribution in [2.75, 3.05) is 12.0 Å². The number of rotatable bonds is 5. The lowest BCUT2D eigenvalue weighted by Crippen LogP contribution is -2.29. The standard InChI is InChI=1S/C26H21N3O3S/c1-31-25(30)18-9-7-8-17(16-18)21-13-14-22(32-21)24-23(20-12-5-6-15-27-20)28-26(33)29(24)19-10-3-2-4-11-19/h2-16,23-24H,1H3,(H,28,33). The van der Waals surface area contributed by atoms with E-state index in [0.29, 0.717) is 16.4 Å². The zero-order valence-electron chi connectivity index (χ0n) is 17.8. The van der Waals surface area contributed by atoms with E-state index in [1.165, 1.54) is 7.11 Å². The highest BCUT2D eigenvalue weighted by Crippen LogP contribution is 2.42. The van der Waals surface area contributed by atoms with Crippen molar-refractivity contribution < 1.29 is 13.9 Å². The lowest BCUT2D eigenvalue weighted by molar-refractivity contribution is 0.0601. The molecule has 3 heterocycles. The van der Waals surface area contributed by atoms with Crippen LogP contribution in [0.4, 0.5) is 5.69 Å². The molecule has 164 valence electrons. The summed E-state index contributed by atoms with van der Waals surface area (Å²) in [5, 5.41) is 4.03. The van der Waals surface area contributed by atoms with Gasteiger partial charge >= 0.3 is 5.97 Å². The number of furan rings is 1. The maximum absolute atomic E-state index is 12.0. The maximum Gasteiger partial charge on any atom is 0.337 e. The Morgan fingerprint density at radius 1 is 1.03 bits per heavy atom. The van der Waals surface area contributed by atoms with Crippen LogP contribution in [-0.4, -0.2) is 23.2 Å². The molecule has 2 unspecified atom stereocenters. The normalized spacial score (nSPS) is 17.6. The van der Waals surface area contributed by atoms with Crippen molar-refractivity contribution in [3.05, 3.63) is 108 Å². The second-order valence-electron chi connectivity index (χ2n) is 7.61. The molecule has 1 fully saturated rings. The first-order valence-electron chi connectivity index (χ1n) is 10.5. The topological polar surface area (TPSA) is 67.6 Å². The van der Waals surface area contributed by atoms with Crippen molar-refractivity contribution in [3.8, 4) is 11.3 Å². The Kier molecular flexibility index (Phi) is 5.62. The number of carbonyl (C=O) groups is 1. The molecule has 0 spiro atoms. The molecule has 0 bridgehead atoms. The predicted octanol–water partition coefficient (Wildman–Crippen LogP) is 5.31. The molecule has 0 amide bonds. The zero-order chi connectivity index (χ0) is 22.8. The number of para-hydroxylation sites is 1. The van der Waals surface area contributed by atoms with Crippen LogP contribution in [0.5, 0.6) is 0 Å². The Hall–Kier alpha value is -3.97. The van der Waals surface area contributed by atoms with Crippen LogP contribution in [0.2, 0.25) is 0 Å². The van der Waals surface area contributed by atoms with Crippen molar-refractivity contribution in [1.82, 2.24) is 10.3 Å². The number of nitrogens with zero attached hydrogens (tertiary/aromatic N) is 2. The summed E-state index contributed by atoms with van der Waals surface area (Å²) in [7, 11) is 1.37. The van der Waals surface area contributed by atoms with E-state index in [9.17, 15) is 4.79 Å². The summed E-state index contributed by atoms with van der Waals surface area (Å²) < 4.78 is 11.2. The summed E-state index contributed by atoms with van der Waals surface area (Å²) >= 11 is 5.73. The number of benzene rings is 2. The summed E-state index contributed by atoms with van der Waals surface area (Å²) in [6, 6.07) is 26.4. The number of nitrogens with one attached hydrogen (secondary N) is 1. The third-order valence-electron chi connectivity index (χ3n) is 5.62. The quantitative estimate of drug-likeness (QED) is 0.323. The largest absolute Gasteiger partial charge is 0.465 e. The van der Waals surface area contributed by atoms with Crippen molar-refractivity contribution >= 4 is 29.0 Å². The molecule has 1 saturated heterocycles. The van der Waals surface area contributed by atoms with Crippen LogP contribution in [0.15, 0.2) is 95.5 Å². The van der Waals surface area contributed by atoms with E-state index in [0.717, 1.165) is 22.7 Å². The van der Waals surface area contributed by atoms with E-state index in [1.807, 2.05) is 72.8 Å². The summed E-state index contributed by atoms with van der Waals surface area (Å²) in [5.41, 5.74) is 3.09. The first-order valence-corrected chi connectivity index (χ1v) is 10.9. The molecule has 1 aliphatic rings. The second-order valence-corrected chi connectivity index (χ2v) is 7.99. The van der Waals surface area contributed by atoms with Crippen LogP contribution in [-0.2, 0) is 4.74 Å². The van der Waals surface area contributed by atoms with E-state index in [2.05, 4.69) is 15.2 Å². The van der Waals surface area contributed by atoms with E-state index in [1.54, 1.807) is 18.3 Å². The van der Waals surface area contributed by atoms with Gasteiger partial charge in [-0.1, -0.05) is 36.4 Å². The molecule has 0 aliphatic carbocycles. The van der Waals surface area contributed by atoms with Crippen LogP contribution >= 0.6 is 12.2 Å². The molecular weight excluding hydrogens is 434 g/mol. The fraction of sp³-hybridized carbons (Fsp3) is 0.115. The van der Waals surface area contributed by atoms with E-state index >= 15 is 0 Å². The summed E-state index contributed by atoms with van der Waals surface area (Å²) in [6.07, 6.45) is 1.77. The highest BCUT2D eigenvalue weighted by Gasteiger charge is 2.42. The van der Waals surface area contributed by atoms with Gasteiger partial charge in [0.15, 0.2) is 5.11 Å². The van der Waals surface area contributed by atoms with Crippen LogP contribution in [0, 0.1) is 0 Å². The summed E-state index contributed by atoms with van der Waals surface area (Å²) in [6.45, 7) is 0. The highest BCUT2D eigenvalue weighted by atomic mass is 32.1. The molecule has 1 N–H and O–H groups in total. The van der Waals surface area contributed by atoms with E-state index < -0.39 is 0 Å². The number of pyridine rings is 1. The van der Waals surface area contributed by atoms with Crippen molar-refractivity contribution in [1.29, 1.82) is 0 Å². The lowest BCUT2D eigenvalue weighted by Gasteiger charge is -2.26. The molecular formula is C26H21N3O3S. The number of ether oxygens (including phenoxy) is 1. The molecule has 7 heteroatoms. The smallest absolute Gasteiger partial charge is 0.337 e. The predicted molar refractivity (Wildman–Crippen MR) is 130 cm³/mol. The minimum Gasteiger partial charge on any atom is -0.465 e. The fourth-order valence-electron chi connectivity index (χ4n) is 4.09. The molecule has 5 rings (SSSR count). The summed E-state index contributed by atoms with van der Waals surface area (Å²) in [5.74, 6) is 1.00. The Bertz CT molecular complexity index is 1290. The van der Waals surface area contributed by atoms with E-state index in [-0.39, 0.29) is 18.1 Å². The van der Waals surface area contributed by atoms with Gasteiger partial charge in [0.1, 0.15) is 17.6 Å². The SMILES string of the molecule is COC(=O)c1cccc(-c2ccc(C3C(c4ccccn4)NC(=S)N3c3ccccc3)o2)c1. The minimum absolute atomic E-state index is 0.195. The third kappa shape index (κ3) is 3.99. The van der Waals surface area contributed by atoms with Gasteiger partial charge in [-0.3, -0.25) is 4.98 Å². The third-order valence-corrected chi connectivity index (χ3v) is 5.93. The van der Waals surface area contributed by atoms with E-state index in [4.69, 9.17) is 21.4 Å². The maximum atomic E-state index is 12.0. The van der Waals surface area contributed by atoms with Gasteiger partial charge in [0, 0.05) is 17.4 Å². The molecule has 1 aliphatic heterocycles. The number of hydrogen-bond donors (Lipinski definition) is 1. The average molecular weight is 456 g/mol. The van der Waals surface area contributed by atoms with Gasteiger partial charge in [0.25, 0.3) is 0 Å². The van der Waals surface area contributed by atoms with Crippen molar-refractivity contribution in [3.63, 3.8) is 0 Å². The Balaban J connectivity index is 1.57. The van der Waals surface area contributed by atoms with Crippen LogP contribution in [0.3, 0.4) is 0 Å². The fourth-order valence-corrected chi connectivity index (χ4v) is 4.44. The monoisotopic (exact) mass is 455 g/mol. The van der Waals surface area contributed by atoms with Crippen LogP contribution < -0.4 is 10.2 Å².